The first kappa shape index (κ1) is 19.0. The summed E-state index contributed by atoms with van der Waals surface area (Å²) in [5, 5.41) is 8.91. The average molecular weight is 388 g/mol. The van der Waals surface area contributed by atoms with E-state index in [-0.39, 0.29) is 5.82 Å². The Morgan fingerprint density at radius 3 is 2.07 bits per heavy atom. The second kappa shape index (κ2) is 9.79. The number of nitrogens with two attached hydrogens (primary N) is 1. The van der Waals surface area contributed by atoms with Crippen LogP contribution in [0.15, 0.2) is 85.1 Å². The molecule has 1 aromatic heterocycles. The van der Waals surface area contributed by atoms with Crippen molar-refractivity contribution in [3.63, 3.8) is 0 Å². The normalized spacial score (nSPS) is 9.71. The number of nitrogens with zero attached hydrogens (tertiary/aromatic N) is 5. The first-order valence-corrected chi connectivity index (χ1v) is 9.07. The molecule has 3 rings (SSSR count). The number of carbonyl (C=O) groups is 1. The zero-order chi connectivity index (χ0) is 19.6. The van der Waals surface area contributed by atoms with Crippen LogP contribution in [0.25, 0.3) is 21.7 Å². The van der Waals surface area contributed by atoms with E-state index >= 15 is 0 Å². The highest BCUT2D eigenvalue weighted by molar-refractivity contribution is 7.10. The molecule has 8 heteroatoms. The Balaban J connectivity index is 2.22. The van der Waals surface area contributed by atoms with Crippen LogP contribution in [0.1, 0.15) is 10.6 Å². The van der Waals surface area contributed by atoms with E-state index in [0.717, 1.165) is 16.9 Å². The number of aromatic nitrogens is 5. The highest BCUT2D eigenvalue weighted by Crippen LogP contribution is 2.29. The Bertz CT molecular complexity index is 1130. The summed E-state index contributed by atoms with van der Waals surface area (Å²) in [6, 6.07) is 24.5. The van der Waals surface area contributed by atoms with Gasteiger partial charge in [0.2, 0.25) is 5.82 Å². The lowest BCUT2D eigenvalue weighted by molar-refractivity contribution is 0.0991. The summed E-state index contributed by atoms with van der Waals surface area (Å²) in [6.45, 7) is 0. The molecular weight excluding hydrogens is 372 g/mol. The second-order valence-corrected chi connectivity index (χ2v) is 6.10. The van der Waals surface area contributed by atoms with E-state index in [1.54, 1.807) is 12.3 Å². The molecule has 2 N–H and O–H groups in total. The summed E-state index contributed by atoms with van der Waals surface area (Å²) in [4.78, 5) is 20.5. The molecule has 2 aliphatic heterocycles. The minimum atomic E-state index is -0.702. The Kier molecular flexibility index (Phi) is 6.64. The van der Waals surface area contributed by atoms with E-state index in [2.05, 4.69) is 24.5 Å². The average Bonchev–Trinajstić information content (AvgIpc) is 3.03. The molecule has 0 aliphatic carbocycles. The standard InChI is InChI=1S/C20H16N6OS/c21-17(27)20-24-19-16(28-26-20)15-13-11-9-7-5-3-1-2-4-6-8-10-12-14-22-25-18(15)23-19/h1-14H,(H2,21,27). The minimum absolute atomic E-state index is 0.0734. The molecule has 138 valence electrons. The molecule has 1 amide bonds. The maximum Gasteiger partial charge on any atom is 0.287 e. The van der Waals surface area contributed by atoms with Crippen LogP contribution in [-0.2, 0) is 0 Å². The van der Waals surface area contributed by atoms with Gasteiger partial charge in [-0.25, -0.2) is 9.97 Å². The van der Waals surface area contributed by atoms with Gasteiger partial charge in [-0.15, -0.1) is 5.10 Å². The summed E-state index contributed by atoms with van der Waals surface area (Å²) in [5.74, 6) is -0.418. The van der Waals surface area contributed by atoms with Gasteiger partial charge < -0.3 is 5.73 Å². The minimum Gasteiger partial charge on any atom is -0.363 e. The Morgan fingerprint density at radius 2 is 1.43 bits per heavy atom. The van der Waals surface area contributed by atoms with Crippen LogP contribution < -0.4 is 5.73 Å². The first-order chi connectivity index (χ1) is 13.8. The number of primary amides is 1. The summed E-state index contributed by atoms with van der Waals surface area (Å²) in [5.41, 5.74) is 5.64. The van der Waals surface area contributed by atoms with Crippen LogP contribution >= 0.6 is 11.5 Å². The van der Waals surface area contributed by atoms with Crippen molar-refractivity contribution < 1.29 is 4.79 Å². The van der Waals surface area contributed by atoms with E-state index in [9.17, 15) is 4.79 Å². The zero-order valence-corrected chi connectivity index (χ0v) is 15.5. The molecule has 7 nitrogen and oxygen atoms in total. The van der Waals surface area contributed by atoms with E-state index < -0.39 is 5.91 Å². The van der Waals surface area contributed by atoms with E-state index in [4.69, 9.17) is 5.73 Å². The molecule has 0 unspecified atom stereocenters. The summed E-state index contributed by atoms with van der Waals surface area (Å²) >= 11 is 1.10. The molecule has 0 aromatic carbocycles. The largest absolute Gasteiger partial charge is 0.363 e. The fraction of sp³-hybridized carbons (Fsp3) is 0. The van der Waals surface area contributed by atoms with Crippen molar-refractivity contribution in [1.29, 1.82) is 0 Å². The third-order valence-corrected chi connectivity index (χ3v) is 4.20. The lowest BCUT2D eigenvalue weighted by atomic mass is 10.3. The monoisotopic (exact) mass is 388 g/mol. The summed E-state index contributed by atoms with van der Waals surface area (Å²) in [6.07, 6.45) is 1.56. The number of hydrogen-bond acceptors (Lipinski definition) is 7. The van der Waals surface area contributed by atoms with Crippen molar-refractivity contribution in [2.24, 2.45) is 5.73 Å². The van der Waals surface area contributed by atoms with Crippen molar-refractivity contribution in [3.05, 3.63) is 90.9 Å². The van der Waals surface area contributed by atoms with Crippen molar-refractivity contribution in [3.8, 4) is 10.7 Å². The second-order valence-electron chi connectivity index (χ2n) is 5.32. The molecule has 0 atom stereocenters. The fourth-order valence-corrected chi connectivity index (χ4v) is 2.84. The van der Waals surface area contributed by atoms with Crippen LogP contribution in [-0.4, -0.2) is 30.4 Å². The van der Waals surface area contributed by atoms with Crippen molar-refractivity contribution >= 4 is 28.5 Å². The highest BCUT2D eigenvalue weighted by Gasteiger charge is 2.17. The molecule has 28 heavy (non-hydrogen) atoms. The van der Waals surface area contributed by atoms with Gasteiger partial charge in [0.25, 0.3) is 5.91 Å². The predicted molar refractivity (Wildman–Crippen MR) is 109 cm³/mol. The van der Waals surface area contributed by atoms with Gasteiger partial charge in [-0.3, -0.25) is 4.79 Å². The molecule has 0 spiro atoms. The number of fused-ring (bicyclic) bond motifs is 3. The summed E-state index contributed by atoms with van der Waals surface area (Å²) in [7, 11) is 0. The third kappa shape index (κ3) is 5.12. The van der Waals surface area contributed by atoms with Gasteiger partial charge in [0.1, 0.15) is 4.88 Å². The van der Waals surface area contributed by atoms with Gasteiger partial charge >= 0.3 is 0 Å². The van der Waals surface area contributed by atoms with Crippen LogP contribution in [0, 0.1) is 0 Å². The molecule has 0 fully saturated rings. The van der Waals surface area contributed by atoms with E-state index in [1.807, 2.05) is 72.8 Å². The van der Waals surface area contributed by atoms with Crippen molar-refractivity contribution in [2.45, 2.75) is 0 Å². The number of rotatable bonds is 1. The maximum absolute atomic E-state index is 11.3. The topological polar surface area (TPSA) is 108 Å². The lowest BCUT2D eigenvalue weighted by Crippen LogP contribution is -2.14. The van der Waals surface area contributed by atoms with Crippen molar-refractivity contribution in [1.82, 2.24) is 24.5 Å². The van der Waals surface area contributed by atoms with E-state index in [0.29, 0.717) is 16.3 Å². The Morgan fingerprint density at radius 1 is 0.821 bits per heavy atom. The molecule has 0 saturated carbocycles. The highest BCUT2D eigenvalue weighted by atomic mass is 32.1. The Labute approximate surface area is 165 Å². The van der Waals surface area contributed by atoms with Gasteiger partial charge in [-0.1, -0.05) is 66.7 Å². The first-order valence-electron chi connectivity index (χ1n) is 8.30. The van der Waals surface area contributed by atoms with Crippen LogP contribution in [0.3, 0.4) is 0 Å². The molecule has 0 saturated heterocycles. The van der Waals surface area contributed by atoms with Crippen molar-refractivity contribution in [2.75, 3.05) is 0 Å². The summed E-state index contributed by atoms with van der Waals surface area (Å²) < 4.78 is 4.03. The van der Waals surface area contributed by atoms with Gasteiger partial charge in [0.15, 0.2) is 11.5 Å². The fourth-order valence-electron chi connectivity index (χ4n) is 2.10. The molecule has 2 aliphatic rings. The zero-order valence-electron chi connectivity index (χ0n) is 14.7. The van der Waals surface area contributed by atoms with Gasteiger partial charge in [-0.05, 0) is 23.7 Å². The third-order valence-electron chi connectivity index (χ3n) is 3.35. The molecule has 0 bridgehead atoms. The molecular formula is C20H16N6OS. The maximum atomic E-state index is 11.3. The number of amides is 1. The van der Waals surface area contributed by atoms with E-state index in [1.165, 1.54) is 0 Å². The predicted octanol–water partition coefficient (Wildman–Crippen LogP) is 3.45. The number of hydrogen-bond donors (Lipinski definition) is 1. The smallest absolute Gasteiger partial charge is 0.287 e. The van der Waals surface area contributed by atoms with Gasteiger partial charge in [0, 0.05) is 11.6 Å². The SMILES string of the molecule is NC(=O)c1nsc2c3ccccccccccccccnnc3nc-2n1. The van der Waals surface area contributed by atoms with Gasteiger partial charge in [-0.2, -0.15) is 9.47 Å². The van der Waals surface area contributed by atoms with Gasteiger partial charge in [0.05, 0.1) is 0 Å². The molecule has 1 aromatic rings. The van der Waals surface area contributed by atoms with Crippen LogP contribution in [0.5, 0.6) is 0 Å². The molecule has 0 radical (unpaired) electrons. The van der Waals surface area contributed by atoms with Crippen LogP contribution in [0.2, 0.25) is 0 Å². The Hall–Kier alpha value is -3.78. The van der Waals surface area contributed by atoms with Crippen LogP contribution in [0.4, 0.5) is 0 Å². The molecule has 3 heterocycles. The quantitative estimate of drug-likeness (QED) is 0.684. The lowest BCUT2D eigenvalue weighted by Gasteiger charge is -1.95. The number of carbonyl (C=O) groups excluding carboxylic acids is 1.